The SMILES string of the molecule is CC1c2cc(P)ccc2N2c3cccnc3N(C)C2C1(C)P. The summed E-state index contributed by atoms with van der Waals surface area (Å²) in [4.78, 5) is 9.39. The minimum absolute atomic E-state index is 0.0426. The molecule has 22 heavy (non-hydrogen) atoms. The molecule has 0 aliphatic carbocycles. The lowest BCUT2D eigenvalue weighted by molar-refractivity contribution is 0.421. The van der Waals surface area contributed by atoms with E-state index in [2.05, 4.69) is 78.4 Å². The second-order valence-electron chi connectivity index (χ2n) is 6.61. The molecule has 1 aromatic heterocycles. The number of rotatable bonds is 0. The van der Waals surface area contributed by atoms with Crippen LogP contribution in [-0.4, -0.2) is 23.4 Å². The fourth-order valence-electron chi connectivity index (χ4n) is 3.92. The summed E-state index contributed by atoms with van der Waals surface area (Å²) in [5, 5.41) is 1.28. The van der Waals surface area contributed by atoms with E-state index >= 15 is 0 Å². The molecular formula is C17H21N3P2. The minimum atomic E-state index is 0.0426. The van der Waals surface area contributed by atoms with Crippen molar-refractivity contribution >= 4 is 41.0 Å². The molecule has 1 aromatic carbocycles. The second kappa shape index (κ2) is 4.66. The predicted octanol–water partition coefficient (Wildman–Crippen LogP) is 3.25. The third kappa shape index (κ3) is 1.73. The number of hydrogen-bond acceptors (Lipinski definition) is 3. The number of aromatic nitrogens is 1. The van der Waals surface area contributed by atoms with Gasteiger partial charge in [0.25, 0.3) is 0 Å². The van der Waals surface area contributed by atoms with Crippen molar-refractivity contribution < 1.29 is 0 Å². The summed E-state index contributed by atoms with van der Waals surface area (Å²) < 4.78 is 0. The molecular weight excluding hydrogens is 308 g/mol. The Balaban J connectivity index is 2.02. The van der Waals surface area contributed by atoms with Crippen molar-refractivity contribution in [2.75, 3.05) is 16.8 Å². The van der Waals surface area contributed by atoms with E-state index in [1.165, 1.54) is 22.2 Å². The molecule has 0 saturated heterocycles. The van der Waals surface area contributed by atoms with Gasteiger partial charge in [-0.05, 0) is 41.1 Å². The van der Waals surface area contributed by atoms with Gasteiger partial charge in [0.05, 0.1) is 5.69 Å². The van der Waals surface area contributed by atoms with Gasteiger partial charge in [0, 0.05) is 24.1 Å². The summed E-state index contributed by atoms with van der Waals surface area (Å²) >= 11 is 0. The molecule has 0 bridgehead atoms. The normalized spacial score (nSPS) is 29.1. The van der Waals surface area contributed by atoms with Gasteiger partial charge in [-0.25, -0.2) is 4.98 Å². The predicted molar refractivity (Wildman–Crippen MR) is 101 cm³/mol. The van der Waals surface area contributed by atoms with Crippen LogP contribution < -0.4 is 15.1 Å². The van der Waals surface area contributed by atoms with Gasteiger partial charge in [0.2, 0.25) is 0 Å². The largest absolute Gasteiger partial charge is 0.336 e. The van der Waals surface area contributed by atoms with Gasteiger partial charge >= 0.3 is 0 Å². The van der Waals surface area contributed by atoms with Gasteiger partial charge in [0.1, 0.15) is 6.17 Å². The molecule has 0 spiro atoms. The third-order valence-electron chi connectivity index (χ3n) is 5.24. The summed E-state index contributed by atoms with van der Waals surface area (Å²) in [5.41, 5.74) is 3.92. The van der Waals surface area contributed by atoms with E-state index in [0.717, 1.165) is 5.82 Å². The van der Waals surface area contributed by atoms with Gasteiger partial charge in [-0.15, -0.1) is 18.5 Å². The second-order valence-corrected chi connectivity index (χ2v) is 8.52. The fourth-order valence-corrected chi connectivity index (χ4v) is 4.75. The Labute approximate surface area is 136 Å². The number of nitrogens with zero attached hydrogens (tertiary/aromatic N) is 3. The van der Waals surface area contributed by atoms with E-state index in [1.54, 1.807) is 0 Å². The van der Waals surface area contributed by atoms with Gasteiger partial charge < -0.3 is 9.80 Å². The molecule has 5 heteroatoms. The van der Waals surface area contributed by atoms with Crippen LogP contribution in [0.15, 0.2) is 36.5 Å². The van der Waals surface area contributed by atoms with Crippen LogP contribution in [0.2, 0.25) is 0 Å². The van der Waals surface area contributed by atoms with Crippen LogP contribution in [0, 0.1) is 0 Å². The standard InChI is InChI=1S/C17H21N3P2/c1-10-12-9-11(21)6-7-13(12)20-14-5-4-8-18-15(14)19(3)16(20)17(10,2)22/h4-10,16H,21-22H2,1-3H3. The van der Waals surface area contributed by atoms with E-state index in [1.807, 2.05) is 12.3 Å². The van der Waals surface area contributed by atoms with Crippen LogP contribution in [0.25, 0.3) is 0 Å². The lowest BCUT2D eigenvalue weighted by Crippen LogP contribution is -2.57. The summed E-state index contributed by atoms with van der Waals surface area (Å²) in [7, 11) is 8.08. The number of pyridine rings is 1. The third-order valence-corrected chi connectivity index (χ3v) is 6.40. The molecule has 0 N–H and O–H groups in total. The first kappa shape index (κ1) is 14.4. The smallest absolute Gasteiger partial charge is 0.154 e. The Morgan fingerprint density at radius 3 is 2.77 bits per heavy atom. The van der Waals surface area contributed by atoms with Crippen LogP contribution in [0.3, 0.4) is 0 Å². The Kier molecular flexibility index (Phi) is 3.06. The zero-order chi connectivity index (χ0) is 15.6. The van der Waals surface area contributed by atoms with E-state index in [0.29, 0.717) is 5.92 Å². The average Bonchev–Trinajstić information content (AvgIpc) is 2.80. The molecule has 5 atom stereocenters. The summed E-state index contributed by atoms with van der Waals surface area (Å²) in [6.45, 7) is 4.67. The number of benzene rings is 1. The van der Waals surface area contributed by atoms with Crippen LogP contribution in [0.4, 0.5) is 17.2 Å². The zero-order valence-electron chi connectivity index (χ0n) is 13.1. The highest BCUT2D eigenvalue weighted by molar-refractivity contribution is 7.27. The molecule has 0 fully saturated rings. The van der Waals surface area contributed by atoms with Gasteiger partial charge in [-0.2, -0.15) is 0 Å². The molecule has 3 heterocycles. The van der Waals surface area contributed by atoms with E-state index in [4.69, 9.17) is 0 Å². The molecule has 0 amide bonds. The fraction of sp³-hybridized carbons (Fsp3) is 0.353. The summed E-state index contributed by atoms with van der Waals surface area (Å²) in [5.74, 6) is 1.52. The molecule has 0 radical (unpaired) electrons. The highest BCUT2D eigenvalue weighted by Gasteiger charge is 2.52. The van der Waals surface area contributed by atoms with Crippen molar-refractivity contribution in [1.82, 2.24) is 4.98 Å². The molecule has 2 aliphatic rings. The molecule has 5 unspecified atom stereocenters. The molecule has 2 aliphatic heterocycles. The highest BCUT2D eigenvalue weighted by Crippen LogP contribution is 2.56. The highest BCUT2D eigenvalue weighted by atomic mass is 31.0. The maximum absolute atomic E-state index is 4.62. The van der Waals surface area contributed by atoms with Crippen LogP contribution in [0.5, 0.6) is 0 Å². The number of fused-ring (bicyclic) bond motifs is 5. The van der Waals surface area contributed by atoms with Crippen LogP contribution in [-0.2, 0) is 0 Å². The van der Waals surface area contributed by atoms with Crippen molar-refractivity contribution in [2.24, 2.45) is 0 Å². The molecule has 114 valence electrons. The van der Waals surface area contributed by atoms with Crippen LogP contribution in [0.1, 0.15) is 25.3 Å². The summed E-state index contributed by atoms with van der Waals surface area (Å²) in [6, 6.07) is 10.9. The van der Waals surface area contributed by atoms with Crippen molar-refractivity contribution in [3.8, 4) is 0 Å². The molecule has 0 saturated carbocycles. The molecule has 3 nitrogen and oxygen atoms in total. The topological polar surface area (TPSA) is 19.4 Å². The first-order chi connectivity index (χ1) is 10.4. The van der Waals surface area contributed by atoms with Crippen molar-refractivity contribution in [3.05, 3.63) is 42.1 Å². The first-order valence-corrected chi connectivity index (χ1v) is 8.74. The van der Waals surface area contributed by atoms with E-state index in [9.17, 15) is 0 Å². The Hall–Kier alpha value is -1.17. The van der Waals surface area contributed by atoms with E-state index in [-0.39, 0.29) is 11.3 Å². The Morgan fingerprint density at radius 1 is 1.23 bits per heavy atom. The quantitative estimate of drug-likeness (QED) is 0.692. The lowest BCUT2D eigenvalue weighted by atomic mass is 9.80. The molecule has 2 aromatic rings. The Morgan fingerprint density at radius 2 is 2.00 bits per heavy atom. The minimum Gasteiger partial charge on any atom is -0.336 e. The monoisotopic (exact) mass is 329 g/mol. The Bertz CT molecular complexity index is 759. The van der Waals surface area contributed by atoms with Crippen molar-refractivity contribution in [1.29, 1.82) is 0 Å². The average molecular weight is 329 g/mol. The maximum atomic E-state index is 4.62. The number of anilines is 3. The summed E-state index contributed by atoms with van der Waals surface area (Å²) in [6.07, 6.45) is 2.14. The molecule has 4 rings (SSSR count). The van der Waals surface area contributed by atoms with E-state index < -0.39 is 0 Å². The van der Waals surface area contributed by atoms with Crippen molar-refractivity contribution in [2.45, 2.75) is 31.1 Å². The zero-order valence-corrected chi connectivity index (χ0v) is 15.4. The van der Waals surface area contributed by atoms with Crippen LogP contribution >= 0.6 is 18.5 Å². The maximum Gasteiger partial charge on any atom is 0.154 e. The first-order valence-electron chi connectivity index (χ1n) is 7.58. The number of hydrogen-bond donors (Lipinski definition) is 0. The van der Waals surface area contributed by atoms with Gasteiger partial charge in [-0.3, -0.25) is 0 Å². The lowest BCUT2D eigenvalue weighted by Gasteiger charge is -2.50. The van der Waals surface area contributed by atoms with Gasteiger partial charge in [-0.1, -0.05) is 19.9 Å². The van der Waals surface area contributed by atoms with Crippen molar-refractivity contribution in [3.63, 3.8) is 0 Å². The van der Waals surface area contributed by atoms with Gasteiger partial charge in [0.15, 0.2) is 5.82 Å².